The Morgan fingerprint density at radius 1 is 0.830 bits per heavy atom. The number of rotatable bonds is 4. The molecule has 6 atom stereocenters. The molecule has 11 heteroatoms. The van der Waals surface area contributed by atoms with Gasteiger partial charge in [-0.15, -0.1) is 0 Å². The van der Waals surface area contributed by atoms with Gasteiger partial charge in [0.1, 0.15) is 28.9 Å². The number of halogens is 1. The van der Waals surface area contributed by atoms with Crippen molar-refractivity contribution in [2.45, 2.75) is 103 Å². The number of ether oxygens (including phenoxy) is 2. The van der Waals surface area contributed by atoms with Crippen LogP contribution >= 0.6 is 11.6 Å². The van der Waals surface area contributed by atoms with Crippen LogP contribution in [-0.2, 0) is 9.47 Å². The zero-order valence-electron chi connectivity index (χ0n) is 31.0. The number of hydrogen-bond donors (Lipinski definition) is 2. The predicted octanol–water partition coefficient (Wildman–Crippen LogP) is 9.57. The van der Waals surface area contributed by atoms with Crippen molar-refractivity contribution < 1.29 is 19.1 Å². The third-order valence-corrected chi connectivity index (χ3v) is 11.4. The van der Waals surface area contributed by atoms with Crippen molar-refractivity contribution in [2.24, 2.45) is 11.3 Å². The number of carbonyl (C=O) groups is 2. The lowest BCUT2D eigenvalue weighted by Gasteiger charge is -2.31. The Hall–Kier alpha value is -5.01. The van der Waals surface area contributed by atoms with Gasteiger partial charge < -0.3 is 19.4 Å². The van der Waals surface area contributed by atoms with Gasteiger partial charge in [0.15, 0.2) is 0 Å². The number of amides is 2. The third kappa shape index (κ3) is 5.81. The van der Waals surface area contributed by atoms with Crippen LogP contribution in [0.2, 0.25) is 5.02 Å². The molecule has 2 aliphatic heterocycles. The maximum atomic E-state index is 13.3. The van der Waals surface area contributed by atoms with Gasteiger partial charge in [-0.2, -0.15) is 0 Å². The van der Waals surface area contributed by atoms with Gasteiger partial charge in [-0.1, -0.05) is 66.8 Å². The van der Waals surface area contributed by atoms with E-state index < -0.39 is 11.2 Å². The molecule has 4 heterocycles. The normalized spacial score (nSPS) is 25.8. The third-order valence-electron chi connectivity index (χ3n) is 11.1. The molecule has 53 heavy (non-hydrogen) atoms. The number of carbonyl (C=O) groups excluding carboxylic acids is 2. The summed E-state index contributed by atoms with van der Waals surface area (Å²) < 4.78 is 11.6. The molecule has 0 bridgehead atoms. The highest BCUT2D eigenvalue weighted by molar-refractivity contribution is 6.37. The number of aromatic nitrogens is 4. The summed E-state index contributed by atoms with van der Waals surface area (Å²) in [6.45, 7) is 13.5. The first kappa shape index (κ1) is 33.8. The molecule has 1 saturated carbocycles. The summed E-state index contributed by atoms with van der Waals surface area (Å²) in [5.74, 6) is 7.95. The van der Waals surface area contributed by atoms with Gasteiger partial charge in [0.05, 0.1) is 45.9 Å². The standard InChI is InChI=1S/C42H43ClN6O4/c1-40(2,3)52-38(50)48-31-15-13-25(31)17-32(48)37-45-29-18-28(43)27-16-24(12-14-26(27)35(29)47-37)22-8-10-23(11-9-22)30-21-44-36(46-30)33-19-42(7)20-34(42)49(33)39(51)53-41(4,5)6/h8-12,14,16,18,21,25,31-34H,17,19-20H2,1-7H3,(H,44,46)(H,45,47)/t25-,31-,32+,33+,34-,42?/m1/s1. The lowest BCUT2D eigenvalue weighted by atomic mass is 9.92. The van der Waals surface area contributed by atoms with Crippen molar-refractivity contribution >= 4 is 45.6 Å². The molecule has 2 aliphatic carbocycles. The maximum absolute atomic E-state index is 13.3. The molecule has 9 rings (SSSR count). The summed E-state index contributed by atoms with van der Waals surface area (Å²) >= 11 is 6.92. The van der Waals surface area contributed by atoms with Crippen LogP contribution < -0.4 is 0 Å². The van der Waals surface area contributed by atoms with Crippen LogP contribution in [0.3, 0.4) is 0 Å². The minimum atomic E-state index is -0.615. The fourth-order valence-electron chi connectivity index (χ4n) is 8.37. The van der Waals surface area contributed by atoms with E-state index in [1.54, 1.807) is 4.90 Å². The zero-order valence-corrected chi connectivity index (χ0v) is 31.8. The quantitative estimate of drug-likeness (QED) is 0.178. The van der Waals surface area contributed by atoms with Crippen molar-refractivity contribution in [2.75, 3.05) is 0 Å². The van der Waals surface area contributed by atoms with Crippen LogP contribution in [0.5, 0.6) is 0 Å². The first-order valence-corrected chi connectivity index (χ1v) is 18.7. The number of hydrogen-bond acceptors (Lipinski definition) is 6. The number of nitrogens with one attached hydrogen (secondary N) is 2. The summed E-state index contributed by atoms with van der Waals surface area (Å²) in [6.07, 6.45) is 3.75. The highest BCUT2D eigenvalue weighted by Crippen LogP contribution is 2.63. The zero-order chi connectivity index (χ0) is 37.2. The molecular formula is C42H43ClN6O4. The first-order chi connectivity index (χ1) is 25.0. The van der Waals surface area contributed by atoms with E-state index in [4.69, 9.17) is 31.0 Å². The van der Waals surface area contributed by atoms with Gasteiger partial charge in [-0.05, 0) is 95.0 Å². The monoisotopic (exact) mass is 730 g/mol. The van der Waals surface area contributed by atoms with E-state index in [0.717, 1.165) is 62.9 Å². The molecule has 5 aromatic rings. The molecular weight excluding hydrogens is 688 g/mol. The Kier molecular flexibility index (Phi) is 7.33. The maximum Gasteiger partial charge on any atom is 0.411 e. The highest BCUT2D eigenvalue weighted by Gasteiger charge is 2.64. The molecule has 2 N–H and O–H groups in total. The summed E-state index contributed by atoms with van der Waals surface area (Å²) in [5, 5.41) is 2.44. The molecule has 3 fully saturated rings. The molecule has 4 aliphatic rings. The largest absolute Gasteiger partial charge is 0.444 e. The van der Waals surface area contributed by atoms with Gasteiger partial charge in [0.2, 0.25) is 0 Å². The Morgan fingerprint density at radius 3 is 2.19 bits per heavy atom. The summed E-state index contributed by atoms with van der Waals surface area (Å²) in [6, 6.07) is 16.1. The minimum absolute atomic E-state index is 0.109. The van der Waals surface area contributed by atoms with Crippen LogP contribution in [-0.4, -0.2) is 65.2 Å². The number of fused-ring (bicyclic) bond motifs is 5. The number of aromatic amines is 2. The summed E-state index contributed by atoms with van der Waals surface area (Å²) in [4.78, 5) is 46.9. The Morgan fingerprint density at radius 2 is 1.51 bits per heavy atom. The molecule has 10 nitrogen and oxygen atoms in total. The van der Waals surface area contributed by atoms with Gasteiger partial charge in [-0.3, -0.25) is 9.80 Å². The van der Waals surface area contributed by atoms with E-state index in [1.165, 1.54) is 0 Å². The van der Waals surface area contributed by atoms with Gasteiger partial charge in [0.25, 0.3) is 0 Å². The molecule has 0 radical (unpaired) electrons. The van der Waals surface area contributed by atoms with E-state index >= 15 is 0 Å². The molecule has 2 amide bonds. The molecule has 1 unspecified atom stereocenters. The lowest BCUT2D eigenvalue weighted by Crippen LogP contribution is -2.43. The molecule has 2 saturated heterocycles. The SMILES string of the molecule is CC(C)(C)OC(=O)N1[C@@H]2C#C[C@@H]2C[C@H]1c1nc2c(cc(Cl)c3cc(-c4ccc(-c5cnc([C@@H]6CC7(C)C[C@H]7N6C(=O)OC(C)(C)C)[nH]5)cc4)ccc32)[nH]1. The van der Waals surface area contributed by atoms with Crippen LogP contribution in [0.1, 0.15) is 91.5 Å². The van der Waals surface area contributed by atoms with Crippen LogP contribution in [0.25, 0.3) is 44.2 Å². The van der Waals surface area contributed by atoms with E-state index in [9.17, 15) is 9.59 Å². The number of nitrogens with zero attached hydrogens (tertiary/aromatic N) is 4. The fraction of sp³-hybridized carbons (Fsp3) is 0.429. The van der Waals surface area contributed by atoms with Crippen LogP contribution in [0.4, 0.5) is 9.59 Å². The van der Waals surface area contributed by atoms with Crippen molar-refractivity contribution in [3.05, 3.63) is 71.4 Å². The average Bonchev–Trinajstić information content (AvgIpc) is 3.53. The number of benzene rings is 3. The number of imidazole rings is 2. The number of likely N-dealkylation sites (tertiary alicyclic amines) is 2. The number of piperidine rings is 1. The lowest BCUT2D eigenvalue weighted by molar-refractivity contribution is 0.0160. The molecule has 2 aromatic heterocycles. The Labute approximate surface area is 313 Å². The van der Waals surface area contributed by atoms with Gasteiger partial charge >= 0.3 is 12.2 Å². The van der Waals surface area contributed by atoms with Crippen molar-refractivity contribution in [3.8, 4) is 34.2 Å². The highest BCUT2D eigenvalue weighted by atomic mass is 35.5. The van der Waals surface area contributed by atoms with Crippen molar-refractivity contribution in [1.82, 2.24) is 29.7 Å². The summed E-state index contributed by atoms with van der Waals surface area (Å²) in [7, 11) is 0. The minimum Gasteiger partial charge on any atom is -0.444 e. The van der Waals surface area contributed by atoms with E-state index in [1.807, 2.05) is 58.7 Å². The van der Waals surface area contributed by atoms with E-state index in [-0.39, 0.29) is 47.7 Å². The predicted molar refractivity (Wildman–Crippen MR) is 204 cm³/mol. The van der Waals surface area contributed by atoms with Crippen LogP contribution in [0, 0.1) is 23.2 Å². The Balaban J connectivity index is 0.963. The topological polar surface area (TPSA) is 116 Å². The molecule has 0 spiro atoms. The van der Waals surface area contributed by atoms with Crippen LogP contribution in [0.15, 0.2) is 54.7 Å². The smallest absolute Gasteiger partial charge is 0.411 e. The number of H-pyrrole nitrogens is 2. The van der Waals surface area contributed by atoms with Gasteiger partial charge in [-0.25, -0.2) is 19.6 Å². The van der Waals surface area contributed by atoms with E-state index in [2.05, 4.69) is 71.2 Å². The van der Waals surface area contributed by atoms with Gasteiger partial charge in [0, 0.05) is 16.8 Å². The Bertz CT molecular complexity index is 2390. The van der Waals surface area contributed by atoms with Crippen molar-refractivity contribution in [3.63, 3.8) is 0 Å². The molecule has 3 aromatic carbocycles. The second-order valence-corrected chi connectivity index (χ2v) is 17.8. The van der Waals surface area contributed by atoms with Crippen molar-refractivity contribution in [1.29, 1.82) is 0 Å². The molecule has 272 valence electrons. The summed E-state index contributed by atoms with van der Waals surface area (Å²) in [5.41, 5.74) is 4.52. The first-order valence-electron chi connectivity index (χ1n) is 18.4. The average molecular weight is 731 g/mol. The van der Waals surface area contributed by atoms with E-state index in [0.29, 0.717) is 17.3 Å². The fourth-order valence-corrected chi connectivity index (χ4v) is 8.63. The second kappa shape index (κ2) is 11.5. The second-order valence-electron chi connectivity index (χ2n) is 17.4.